The summed E-state index contributed by atoms with van der Waals surface area (Å²) < 4.78 is 15.5. The minimum atomic E-state index is -1.10. The Morgan fingerprint density at radius 2 is 1.75 bits per heavy atom. The molecule has 0 atom stereocenters. The average molecular weight is 333 g/mol. The van der Waals surface area contributed by atoms with Crippen molar-refractivity contribution in [3.8, 4) is 11.5 Å². The molecule has 0 fully saturated rings. The number of ether oxygens (including phenoxy) is 2. The van der Waals surface area contributed by atoms with E-state index in [0.717, 1.165) is 0 Å². The first-order chi connectivity index (χ1) is 11.4. The van der Waals surface area contributed by atoms with Gasteiger partial charge < -0.3 is 23.9 Å². The minimum Gasteiger partial charge on any atom is -0.497 e. The minimum absolute atomic E-state index is 0.100. The van der Waals surface area contributed by atoms with Crippen LogP contribution in [0.15, 0.2) is 34.9 Å². The Bertz CT molecular complexity index is 714. The van der Waals surface area contributed by atoms with Crippen LogP contribution in [0.25, 0.3) is 0 Å². The standard InChI is InChI=1S/C17H19NO6/c1-11-4-13(10-24-11)17(21)18(9-16(19)20)8-12-5-14(22-2)7-15(6-12)23-3/h4-7,10H,8-9H2,1-3H3,(H,19,20). The van der Waals surface area contributed by atoms with Gasteiger partial charge in [0.15, 0.2) is 0 Å². The Labute approximate surface area is 139 Å². The number of benzene rings is 1. The van der Waals surface area contributed by atoms with E-state index in [4.69, 9.17) is 19.0 Å². The Kier molecular flexibility index (Phi) is 5.47. The number of rotatable bonds is 7. The maximum Gasteiger partial charge on any atom is 0.323 e. The number of methoxy groups -OCH3 is 2. The Morgan fingerprint density at radius 1 is 1.12 bits per heavy atom. The Morgan fingerprint density at radius 3 is 2.21 bits per heavy atom. The van der Waals surface area contributed by atoms with E-state index in [2.05, 4.69) is 0 Å². The van der Waals surface area contributed by atoms with Gasteiger partial charge in [0.05, 0.1) is 19.8 Å². The van der Waals surface area contributed by atoms with E-state index >= 15 is 0 Å². The molecule has 1 aromatic heterocycles. The van der Waals surface area contributed by atoms with Gasteiger partial charge in [-0.25, -0.2) is 0 Å². The zero-order chi connectivity index (χ0) is 17.7. The molecule has 2 rings (SSSR count). The van der Waals surface area contributed by atoms with Crippen molar-refractivity contribution in [2.24, 2.45) is 0 Å². The van der Waals surface area contributed by atoms with E-state index in [1.54, 1.807) is 31.2 Å². The predicted octanol–water partition coefficient (Wildman–Crippen LogP) is 2.33. The smallest absolute Gasteiger partial charge is 0.323 e. The van der Waals surface area contributed by atoms with Crippen LogP contribution in [-0.2, 0) is 11.3 Å². The Balaban J connectivity index is 2.28. The van der Waals surface area contributed by atoms with Crippen molar-refractivity contribution < 1.29 is 28.6 Å². The monoisotopic (exact) mass is 333 g/mol. The maximum atomic E-state index is 12.5. The maximum absolute atomic E-state index is 12.5. The molecule has 0 bridgehead atoms. The Hall–Kier alpha value is -2.96. The van der Waals surface area contributed by atoms with Crippen LogP contribution in [0.3, 0.4) is 0 Å². The number of aryl methyl sites for hydroxylation is 1. The van der Waals surface area contributed by atoms with Crippen molar-refractivity contribution in [2.75, 3.05) is 20.8 Å². The number of hydrogen-bond donors (Lipinski definition) is 1. The van der Waals surface area contributed by atoms with Crippen LogP contribution < -0.4 is 9.47 Å². The van der Waals surface area contributed by atoms with Gasteiger partial charge in [0.1, 0.15) is 30.1 Å². The lowest BCUT2D eigenvalue weighted by Gasteiger charge is -2.21. The molecule has 0 radical (unpaired) electrons. The summed E-state index contributed by atoms with van der Waals surface area (Å²) in [4.78, 5) is 24.9. The van der Waals surface area contributed by atoms with E-state index in [0.29, 0.717) is 28.4 Å². The van der Waals surface area contributed by atoms with Crippen LogP contribution in [-0.4, -0.2) is 42.6 Å². The highest BCUT2D eigenvalue weighted by atomic mass is 16.5. The summed E-state index contributed by atoms with van der Waals surface area (Å²) in [6, 6.07) is 6.73. The first kappa shape index (κ1) is 17.4. The third-order valence-corrected chi connectivity index (χ3v) is 3.38. The molecule has 0 aliphatic heterocycles. The summed E-state index contributed by atoms with van der Waals surface area (Å²) in [7, 11) is 3.04. The summed E-state index contributed by atoms with van der Waals surface area (Å²) in [6.07, 6.45) is 1.32. The highest BCUT2D eigenvalue weighted by Gasteiger charge is 2.21. The zero-order valence-electron chi connectivity index (χ0n) is 13.7. The normalized spacial score (nSPS) is 10.3. The number of aliphatic carboxylic acids is 1. The van der Waals surface area contributed by atoms with Gasteiger partial charge in [-0.2, -0.15) is 0 Å². The largest absolute Gasteiger partial charge is 0.497 e. The first-order valence-corrected chi connectivity index (χ1v) is 7.21. The van der Waals surface area contributed by atoms with Crippen molar-refractivity contribution >= 4 is 11.9 Å². The number of furan rings is 1. The lowest BCUT2D eigenvalue weighted by atomic mass is 10.1. The van der Waals surface area contributed by atoms with Crippen molar-refractivity contribution in [3.63, 3.8) is 0 Å². The molecular weight excluding hydrogens is 314 g/mol. The fourth-order valence-corrected chi connectivity index (χ4v) is 2.28. The van der Waals surface area contributed by atoms with Crippen molar-refractivity contribution in [1.82, 2.24) is 4.90 Å². The van der Waals surface area contributed by atoms with Gasteiger partial charge >= 0.3 is 5.97 Å². The van der Waals surface area contributed by atoms with Gasteiger partial charge in [-0.15, -0.1) is 0 Å². The lowest BCUT2D eigenvalue weighted by Crippen LogP contribution is -2.35. The summed E-state index contributed by atoms with van der Waals surface area (Å²) in [5.74, 6) is 0.184. The molecule has 24 heavy (non-hydrogen) atoms. The van der Waals surface area contributed by atoms with Crippen molar-refractivity contribution in [2.45, 2.75) is 13.5 Å². The molecule has 0 saturated heterocycles. The quantitative estimate of drug-likeness (QED) is 0.836. The topological polar surface area (TPSA) is 89.2 Å². The highest BCUT2D eigenvalue weighted by Crippen LogP contribution is 2.24. The highest BCUT2D eigenvalue weighted by molar-refractivity contribution is 5.95. The van der Waals surface area contributed by atoms with Crippen LogP contribution in [0.2, 0.25) is 0 Å². The van der Waals surface area contributed by atoms with Gasteiger partial charge in [-0.05, 0) is 30.7 Å². The molecule has 0 aliphatic carbocycles. The van der Waals surface area contributed by atoms with Crippen LogP contribution in [0, 0.1) is 6.92 Å². The lowest BCUT2D eigenvalue weighted by molar-refractivity contribution is -0.137. The van der Waals surface area contributed by atoms with Gasteiger partial charge in [-0.3, -0.25) is 9.59 Å². The number of amides is 1. The van der Waals surface area contributed by atoms with Gasteiger partial charge in [-0.1, -0.05) is 0 Å². The molecular formula is C17H19NO6. The van der Waals surface area contributed by atoms with Crippen LogP contribution >= 0.6 is 0 Å². The van der Waals surface area contributed by atoms with E-state index < -0.39 is 18.4 Å². The fourth-order valence-electron chi connectivity index (χ4n) is 2.28. The van der Waals surface area contributed by atoms with E-state index in [1.807, 2.05) is 0 Å². The van der Waals surface area contributed by atoms with Crippen LogP contribution in [0.4, 0.5) is 0 Å². The molecule has 1 amide bonds. The van der Waals surface area contributed by atoms with Crippen LogP contribution in [0.1, 0.15) is 21.7 Å². The molecule has 2 aromatic rings. The van der Waals surface area contributed by atoms with E-state index in [-0.39, 0.29) is 6.54 Å². The van der Waals surface area contributed by atoms with Crippen molar-refractivity contribution in [1.29, 1.82) is 0 Å². The number of carboxylic acid groups (broad SMARTS) is 1. The number of carbonyl (C=O) groups is 2. The van der Waals surface area contributed by atoms with E-state index in [9.17, 15) is 9.59 Å². The fraction of sp³-hybridized carbons (Fsp3) is 0.294. The van der Waals surface area contributed by atoms with E-state index in [1.165, 1.54) is 25.4 Å². The molecule has 7 heteroatoms. The molecule has 0 saturated carbocycles. The van der Waals surface area contributed by atoms with Crippen LogP contribution in [0.5, 0.6) is 11.5 Å². The van der Waals surface area contributed by atoms with Gasteiger partial charge in [0.25, 0.3) is 5.91 Å². The summed E-state index contributed by atoms with van der Waals surface area (Å²) in [5.41, 5.74) is 1.00. The molecule has 1 N–H and O–H groups in total. The number of hydrogen-bond acceptors (Lipinski definition) is 5. The number of carboxylic acids is 1. The van der Waals surface area contributed by atoms with Crippen molar-refractivity contribution in [3.05, 3.63) is 47.4 Å². The second kappa shape index (κ2) is 7.54. The molecule has 1 aromatic carbocycles. The number of carbonyl (C=O) groups excluding carboxylic acids is 1. The average Bonchev–Trinajstić information content (AvgIpc) is 2.99. The summed E-state index contributed by atoms with van der Waals surface area (Å²) >= 11 is 0. The SMILES string of the molecule is COc1cc(CN(CC(=O)O)C(=O)c2coc(C)c2)cc(OC)c1. The van der Waals surface area contributed by atoms with Gasteiger partial charge in [0, 0.05) is 12.6 Å². The third kappa shape index (κ3) is 4.28. The molecule has 0 aliphatic rings. The first-order valence-electron chi connectivity index (χ1n) is 7.21. The van der Waals surface area contributed by atoms with Gasteiger partial charge in [0.2, 0.25) is 0 Å². The molecule has 7 nitrogen and oxygen atoms in total. The number of nitrogens with zero attached hydrogens (tertiary/aromatic N) is 1. The molecule has 128 valence electrons. The molecule has 0 spiro atoms. The third-order valence-electron chi connectivity index (χ3n) is 3.38. The summed E-state index contributed by atoms with van der Waals surface area (Å²) in [6.45, 7) is 1.39. The molecule has 1 heterocycles. The second-order valence-electron chi connectivity index (χ2n) is 5.22. The predicted molar refractivity (Wildman–Crippen MR) is 85.4 cm³/mol. The molecule has 0 unspecified atom stereocenters. The summed E-state index contributed by atoms with van der Waals surface area (Å²) in [5, 5.41) is 9.10. The zero-order valence-corrected chi connectivity index (χ0v) is 13.7. The second-order valence-corrected chi connectivity index (χ2v) is 5.22.